The van der Waals surface area contributed by atoms with Gasteiger partial charge in [0.2, 0.25) is 0 Å². The molecule has 4 N–H and O–H groups in total. The molecule has 1 aromatic heterocycles. The highest BCUT2D eigenvalue weighted by Gasteiger charge is 2.14. The average molecular weight is 395 g/mol. The maximum absolute atomic E-state index is 12.4. The minimum Gasteiger partial charge on any atom is -0.507 e. The van der Waals surface area contributed by atoms with Crippen molar-refractivity contribution >= 4 is 33.7 Å². The third kappa shape index (κ3) is 4.15. The van der Waals surface area contributed by atoms with E-state index in [9.17, 15) is 13.5 Å². The molecule has 1 heterocycles. The van der Waals surface area contributed by atoms with Gasteiger partial charge in [-0.25, -0.2) is 13.4 Å². The molecule has 6 nitrogen and oxygen atoms in total. The predicted molar refractivity (Wildman–Crippen MR) is 112 cm³/mol. The number of nitrogens with one attached hydrogen (secondary N) is 1. The Bertz CT molecular complexity index is 1120. The number of aromatic nitrogens is 1. The normalized spacial score (nSPS) is 11.6. The molecule has 0 aliphatic carbocycles. The van der Waals surface area contributed by atoms with E-state index in [-0.39, 0.29) is 16.5 Å². The highest BCUT2D eigenvalue weighted by molar-refractivity contribution is 7.92. The number of hydrogen-bond acceptors (Lipinski definition) is 5. The summed E-state index contributed by atoms with van der Waals surface area (Å²) in [4.78, 5) is 4.11. The second-order valence-electron chi connectivity index (χ2n) is 6.39. The van der Waals surface area contributed by atoms with Crippen LogP contribution in [0.4, 0.5) is 11.5 Å². The number of nitrogens with two attached hydrogens (primary N) is 1. The van der Waals surface area contributed by atoms with Gasteiger partial charge < -0.3 is 10.8 Å². The molecule has 0 fully saturated rings. The molecule has 7 heteroatoms. The van der Waals surface area contributed by atoms with Gasteiger partial charge in [-0.15, -0.1) is 0 Å². The fourth-order valence-electron chi connectivity index (χ4n) is 2.72. The van der Waals surface area contributed by atoms with Crippen molar-refractivity contribution in [1.82, 2.24) is 4.98 Å². The third-order valence-corrected chi connectivity index (χ3v) is 5.74. The molecule has 0 unspecified atom stereocenters. The van der Waals surface area contributed by atoms with Crippen molar-refractivity contribution in [2.45, 2.75) is 18.7 Å². The fraction of sp³-hybridized carbons (Fsp3) is 0.0952. The monoisotopic (exact) mass is 395 g/mol. The number of nitrogens with zero attached hydrogens (tertiary/aromatic N) is 1. The van der Waals surface area contributed by atoms with Crippen LogP contribution in [0.15, 0.2) is 59.6 Å². The fourth-order valence-corrected chi connectivity index (χ4v) is 3.73. The zero-order valence-corrected chi connectivity index (χ0v) is 16.4. The SMILES string of the molecule is Cc1cc(/C=C/c2ccc(S(=O)(=O)Nc3ccccn3)cc2)c(N)c(C)c1O. The Kier molecular flexibility index (Phi) is 5.37. The zero-order chi connectivity index (χ0) is 20.3. The number of benzene rings is 2. The molecular formula is C21H21N3O3S. The van der Waals surface area contributed by atoms with Gasteiger partial charge in [-0.2, -0.15) is 0 Å². The van der Waals surface area contributed by atoms with E-state index in [2.05, 4.69) is 9.71 Å². The van der Waals surface area contributed by atoms with Gasteiger partial charge >= 0.3 is 0 Å². The third-order valence-electron chi connectivity index (χ3n) is 4.37. The van der Waals surface area contributed by atoms with Gasteiger partial charge in [0.05, 0.1) is 4.90 Å². The number of aromatic hydroxyl groups is 1. The summed E-state index contributed by atoms with van der Waals surface area (Å²) in [7, 11) is -3.70. The quantitative estimate of drug-likeness (QED) is 0.448. The van der Waals surface area contributed by atoms with Crippen molar-refractivity contribution in [3.63, 3.8) is 0 Å². The lowest BCUT2D eigenvalue weighted by Crippen LogP contribution is -2.13. The highest BCUT2D eigenvalue weighted by atomic mass is 32.2. The summed E-state index contributed by atoms with van der Waals surface area (Å²) in [5, 5.41) is 9.94. The molecule has 2 aromatic carbocycles. The van der Waals surface area contributed by atoms with Gasteiger partial charge in [0.25, 0.3) is 10.0 Å². The molecule has 0 amide bonds. The number of rotatable bonds is 5. The molecule has 0 aliphatic heterocycles. The highest BCUT2D eigenvalue weighted by Crippen LogP contribution is 2.31. The molecule has 0 aliphatic rings. The second-order valence-corrected chi connectivity index (χ2v) is 8.08. The number of anilines is 2. The van der Waals surface area contributed by atoms with Crippen LogP contribution in [-0.2, 0) is 10.0 Å². The average Bonchev–Trinajstić information content (AvgIpc) is 2.69. The first kappa shape index (κ1) is 19.4. The molecule has 3 rings (SSSR count). The molecule has 0 saturated heterocycles. The number of phenols is 1. The van der Waals surface area contributed by atoms with Crippen LogP contribution in [0.1, 0.15) is 22.3 Å². The van der Waals surface area contributed by atoms with Crippen molar-refractivity contribution in [3.8, 4) is 5.75 Å². The van der Waals surface area contributed by atoms with Crippen LogP contribution in [0.2, 0.25) is 0 Å². The van der Waals surface area contributed by atoms with E-state index in [0.29, 0.717) is 11.3 Å². The van der Waals surface area contributed by atoms with E-state index in [4.69, 9.17) is 5.73 Å². The number of pyridine rings is 1. The Balaban J connectivity index is 1.81. The number of phenolic OH excluding ortho intramolecular Hbond substituents is 1. The topological polar surface area (TPSA) is 105 Å². The molecule has 0 atom stereocenters. The van der Waals surface area contributed by atoms with E-state index in [0.717, 1.165) is 16.7 Å². The van der Waals surface area contributed by atoms with Crippen LogP contribution in [-0.4, -0.2) is 18.5 Å². The van der Waals surface area contributed by atoms with Gasteiger partial charge in [-0.1, -0.05) is 30.4 Å². The van der Waals surface area contributed by atoms with Crippen LogP contribution in [0.5, 0.6) is 5.75 Å². The minimum atomic E-state index is -3.70. The van der Waals surface area contributed by atoms with Crippen molar-refractivity contribution in [3.05, 3.63) is 77.0 Å². The molecule has 0 spiro atoms. The maximum Gasteiger partial charge on any atom is 0.263 e. The molecule has 144 valence electrons. The van der Waals surface area contributed by atoms with Gasteiger partial charge in [-0.3, -0.25) is 4.72 Å². The lowest BCUT2D eigenvalue weighted by atomic mass is 10.0. The van der Waals surface area contributed by atoms with Gasteiger partial charge in [0.1, 0.15) is 11.6 Å². The lowest BCUT2D eigenvalue weighted by Gasteiger charge is -2.10. The van der Waals surface area contributed by atoms with Crippen LogP contribution in [0.25, 0.3) is 12.2 Å². The second kappa shape index (κ2) is 7.74. The molecule has 28 heavy (non-hydrogen) atoms. The summed E-state index contributed by atoms with van der Waals surface area (Å²) < 4.78 is 27.3. The molecule has 3 aromatic rings. The Morgan fingerprint density at radius 3 is 2.43 bits per heavy atom. The number of hydrogen-bond donors (Lipinski definition) is 3. The molecular weight excluding hydrogens is 374 g/mol. The van der Waals surface area contributed by atoms with Crippen molar-refractivity contribution in [2.24, 2.45) is 0 Å². The smallest absolute Gasteiger partial charge is 0.263 e. The summed E-state index contributed by atoms with van der Waals surface area (Å²) in [6.07, 6.45) is 5.19. The van der Waals surface area contributed by atoms with E-state index in [1.165, 1.54) is 18.3 Å². The largest absolute Gasteiger partial charge is 0.507 e. The standard InChI is InChI=1S/C21H21N3O3S/c1-14-13-17(20(22)15(2)21(14)25)9-6-16-7-10-18(11-8-16)28(26,27)24-19-5-3-4-12-23-19/h3-13,25H,22H2,1-2H3,(H,23,24)/b9-6+. The lowest BCUT2D eigenvalue weighted by molar-refractivity contribution is 0.467. The predicted octanol–water partition coefficient (Wildman–Crippen LogP) is 3.96. The van der Waals surface area contributed by atoms with E-state index >= 15 is 0 Å². The van der Waals surface area contributed by atoms with Crippen molar-refractivity contribution in [2.75, 3.05) is 10.5 Å². The van der Waals surface area contributed by atoms with E-state index in [1.54, 1.807) is 37.3 Å². The first-order valence-corrected chi connectivity index (χ1v) is 10.1. The van der Waals surface area contributed by atoms with Crippen molar-refractivity contribution < 1.29 is 13.5 Å². The Morgan fingerprint density at radius 2 is 1.79 bits per heavy atom. The van der Waals surface area contributed by atoms with Crippen LogP contribution < -0.4 is 10.5 Å². The molecule has 0 radical (unpaired) electrons. The zero-order valence-electron chi connectivity index (χ0n) is 15.5. The summed E-state index contributed by atoms with van der Waals surface area (Å²) in [6, 6.07) is 13.3. The number of nitrogen functional groups attached to an aromatic ring is 1. The van der Waals surface area contributed by atoms with Gasteiger partial charge in [-0.05, 0) is 60.9 Å². The number of sulfonamides is 1. The molecule has 0 saturated carbocycles. The maximum atomic E-state index is 12.4. The van der Waals surface area contributed by atoms with Crippen LogP contribution >= 0.6 is 0 Å². The van der Waals surface area contributed by atoms with E-state index in [1.807, 2.05) is 25.1 Å². The Morgan fingerprint density at radius 1 is 1.07 bits per heavy atom. The summed E-state index contributed by atoms with van der Waals surface area (Å²) in [6.45, 7) is 3.58. The summed E-state index contributed by atoms with van der Waals surface area (Å²) >= 11 is 0. The van der Waals surface area contributed by atoms with Crippen molar-refractivity contribution in [1.29, 1.82) is 0 Å². The molecule has 0 bridgehead atoms. The summed E-state index contributed by atoms with van der Waals surface area (Å²) in [5.74, 6) is 0.463. The Hall–Kier alpha value is -3.32. The number of aryl methyl sites for hydroxylation is 1. The first-order valence-electron chi connectivity index (χ1n) is 8.58. The minimum absolute atomic E-state index is 0.145. The summed E-state index contributed by atoms with van der Waals surface area (Å²) in [5.41, 5.74) is 9.57. The first-order chi connectivity index (χ1) is 13.3. The van der Waals surface area contributed by atoms with Crippen LogP contribution in [0.3, 0.4) is 0 Å². The van der Waals surface area contributed by atoms with Gasteiger partial charge in [0.15, 0.2) is 0 Å². The van der Waals surface area contributed by atoms with E-state index < -0.39 is 10.0 Å². The van der Waals surface area contributed by atoms with Gasteiger partial charge in [0, 0.05) is 17.4 Å². The Labute approximate surface area is 164 Å². The van der Waals surface area contributed by atoms with Crippen LogP contribution in [0, 0.1) is 13.8 Å².